The third kappa shape index (κ3) is 3.11. The molecule has 40 heavy (non-hydrogen) atoms. The third-order valence-corrected chi connectivity index (χ3v) is 10.8. The number of benzene rings is 3. The van der Waals surface area contributed by atoms with E-state index in [0.717, 1.165) is 67.4 Å². The van der Waals surface area contributed by atoms with Crippen LogP contribution in [0.2, 0.25) is 0 Å². The van der Waals surface area contributed by atoms with Gasteiger partial charge in [-0.25, -0.2) is 0 Å². The number of likely N-dealkylation sites (tertiary alicyclic amines) is 1. The van der Waals surface area contributed by atoms with Crippen LogP contribution in [0.25, 0.3) is 10.9 Å². The number of aromatic nitrogens is 1. The third-order valence-electron chi connectivity index (χ3n) is 10.8. The number of hydrogen-bond acceptors (Lipinski definition) is 4. The maximum absolute atomic E-state index is 13.1. The van der Waals surface area contributed by atoms with Gasteiger partial charge in [0.05, 0.1) is 23.3 Å². The highest BCUT2D eigenvalue weighted by atomic mass is 16.5. The van der Waals surface area contributed by atoms with Gasteiger partial charge in [0.25, 0.3) is 0 Å². The molecule has 5 aliphatic rings. The summed E-state index contributed by atoms with van der Waals surface area (Å²) < 4.78 is 13.5. The van der Waals surface area contributed by atoms with E-state index in [1.165, 1.54) is 40.5 Å². The first-order valence-electron chi connectivity index (χ1n) is 15.2. The second-order valence-corrected chi connectivity index (χ2v) is 12.9. The molecule has 9 rings (SSSR count). The van der Waals surface area contributed by atoms with E-state index in [0.29, 0.717) is 13.0 Å². The fraction of sp³-hybridized carbons (Fsp3) is 0.429. The summed E-state index contributed by atoms with van der Waals surface area (Å²) in [5.41, 5.74) is 6.08. The second kappa shape index (κ2) is 8.37. The van der Waals surface area contributed by atoms with E-state index in [2.05, 4.69) is 76.6 Å². The van der Waals surface area contributed by atoms with E-state index in [-0.39, 0.29) is 12.1 Å². The molecule has 0 amide bonds. The van der Waals surface area contributed by atoms with Gasteiger partial charge in [-0.15, -0.1) is 0 Å². The molecule has 2 bridgehead atoms. The summed E-state index contributed by atoms with van der Waals surface area (Å²) in [6.45, 7) is 2.77. The molecule has 204 valence electrons. The highest BCUT2D eigenvalue weighted by Gasteiger charge is 2.72. The van der Waals surface area contributed by atoms with Crippen LogP contribution < -0.4 is 9.47 Å². The summed E-state index contributed by atoms with van der Waals surface area (Å²) in [7, 11) is 0. The van der Waals surface area contributed by atoms with Crippen molar-refractivity contribution in [3.8, 4) is 11.5 Å². The second-order valence-electron chi connectivity index (χ2n) is 12.9. The number of rotatable bonds is 7. The number of hydrogen-bond donors (Lipinski definition) is 2. The average molecular weight is 533 g/mol. The smallest absolute Gasteiger partial charge is 0.166 e. The molecule has 3 heterocycles. The van der Waals surface area contributed by atoms with E-state index >= 15 is 0 Å². The van der Waals surface area contributed by atoms with E-state index in [1.807, 2.05) is 0 Å². The molecule has 4 aromatic rings. The molecule has 5 nitrogen and oxygen atoms in total. The van der Waals surface area contributed by atoms with Gasteiger partial charge in [-0.05, 0) is 79.8 Å². The molecule has 2 fully saturated rings. The summed E-state index contributed by atoms with van der Waals surface area (Å²) in [6, 6.07) is 23.6. The summed E-state index contributed by atoms with van der Waals surface area (Å²) in [6.07, 6.45) is 6.81. The number of aryl methyl sites for hydroxylation is 1. The molecule has 5 heteroatoms. The zero-order valence-electron chi connectivity index (χ0n) is 22.9. The Morgan fingerprint density at radius 2 is 1.88 bits per heavy atom. The Labute approximate surface area is 235 Å². The molecular weight excluding hydrogens is 496 g/mol. The van der Waals surface area contributed by atoms with Crippen LogP contribution in [-0.4, -0.2) is 46.3 Å². The van der Waals surface area contributed by atoms with Gasteiger partial charge in [-0.1, -0.05) is 54.6 Å². The number of piperidine rings is 1. The molecule has 2 aliphatic heterocycles. The highest BCUT2D eigenvalue weighted by Crippen LogP contribution is 2.69. The van der Waals surface area contributed by atoms with Crippen LogP contribution in [-0.2, 0) is 24.7 Å². The van der Waals surface area contributed by atoms with Crippen molar-refractivity contribution in [3.05, 3.63) is 94.7 Å². The lowest BCUT2D eigenvalue weighted by molar-refractivity contribution is -0.173. The molecule has 2 N–H and O–H groups in total. The van der Waals surface area contributed by atoms with Crippen molar-refractivity contribution in [1.82, 2.24) is 9.88 Å². The predicted molar refractivity (Wildman–Crippen MR) is 155 cm³/mol. The van der Waals surface area contributed by atoms with Crippen molar-refractivity contribution in [2.24, 2.45) is 5.92 Å². The maximum Gasteiger partial charge on any atom is 0.166 e. The monoisotopic (exact) mass is 532 g/mol. The Balaban J connectivity index is 1.14. The Hall–Kier alpha value is -3.28. The molecule has 0 radical (unpaired) electrons. The number of H-pyrrole nitrogens is 1. The number of aliphatic hydroxyl groups is 1. The van der Waals surface area contributed by atoms with Crippen LogP contribution in [0.1, 0.15) is 59.7 Å². The zero-order chi connectivity index (χ0) is 26.5. The lowest BCUT2D eigenvalue weighted by Crippen LogP contribution is -2.74. The van der Waals surface area contributed by atoms with Gasteiger partial charge in [0.2, 0.25) is 0 Å². The zero-order valence-corrected chi connectivity index (χ0v) is 22.9. The molecule has 3 aliphatic carbocycles. The molecule has 1 spiro atoms. The van der Waals surface area contributed by atoms with E-state index in [1.54, 1.807) is 0 Å². The largest absolute Gasteiger partial charge is 0.490 e. The maximum atomic E-state index is 13.1. The summed E-state index contributed by atoms with van der Waals surface area (Å²) >= 11 is 0. The van der Waals surface area contributed by atoms with Gasteiger partial charge in [0.15, 0.2) is 17.6 Å². The van der Waals surface area contributed by atoms with Crippen molar-refractivity contribution in [2.75, 3.05) is 19.7 Å². The number of nitrogens with one attached hydrogen (secondary N) is 1. The topological polar surface area (TPSA) is 57.7 Å². The standard InChI is InChI=1S/C35H36N2O3/c38-35-20-26-25-10-4-5-11-27(25)36-31(26)33-34(35)16-17-37(21-23-12-13-23)29(35)19-24-14-15-28(32(40-33)30(24)34)39-18-6-9-22-7-2-1-3-8-22/h1-5,7-8,10-11,14-15,23,29,33,36,38H,6,9,12-13,16-21H2/t29-,33+,34+,35-/m1/s1. The van der Waals surface area contributed by atoms with Crippen LogP contribution in [0.15, 0.2) is 66.7 Å². The van der Waals surface area contributed by atoms with Crippen LogP contribution in [0, 0.1) is 5.92 Å². The Bertz CT molecular complexity index is 1620. The number of para-hydroxylation sites is 1. The van der Waals surface area contributed by atoms with Gasteiger partial charge in [-0.3, -0.25) is 4.90 Å². The minimum absolute atomic E-state index is 0.103. The Kier molecular flexibility index (Phi) is 4.90. The first-order valence-corrected chi connectivity index (χ1v) is 15.2. The lowest BCUT2D eigenvalue weighted by atomic mass is 9.49. The molecule has 4 atom stereocenters. The Morgan fingerprint density at radius 1 is 1.02 bits per heavy atom. The number of ether oxygens (including phenoxy) is 2. The molecule has 1 aromatic heterocycles. The average Bonchev–Trinajstić information content (AvgIpc) is 3.61. The first-order chi connectivity index (χ1) is 19.7. The van der Waals surface area contributed by atoms with Gasteiger partial charge in [0.1, 0.15) is 0 Å². The fourth-order valence-corrected chi connectivity index (χ4v) is 8.78. The molecular formula is C35H36N2O3. The minimum Gasteiger partial charge on any atom is -0.490 e. The van der Waals surface area contributed by atoms with Crippen molar-refractivity contribution >= 4 is 10.9 Å². The van der Waals surface area contributed by atoms with Crippen LogP contribution in [0.3, 0.4) is 0 Å². The van der Waals surface area contributed by atoms with Crippen molar-refractivity contribution < 1.29 is 14.6 Å². The van der Waals surface area contributed by atoms with E-state index < -0.39 is 11.0 Å². The van der Waals surface area contributed by atoms with E-state index in [4.69, 9.17) is 9.47 Å². The SMILES string of the molecule is O[C@@]12Cc3c([nH]c4ccccc34)[C@@H]3Oc4c(OCCCc5ccccc5)ccc5c4[C@@]31CCN(CC1CC1)[C@@H]2C5. The van der Waals surface area contributed by atoms with Gasteiger partial charge in [-0.2, -0.15) is 0 Å². The van der Waals surface area contributed by atoms with Crippen LogP contribution in [0.4, 0.5) is 0 Å². The lowest BCUT2D eigenvalue weighted by Gasteiger charge is -2.62. The minimum atomic E-state index is -0.882. The quantitative estimate of drug-likeness (QED) is 0.292. The first kappa shape index (κ1) is 23.4. The summed E-state index contributed by atoms with van der Waals surface area (Å²) in [5, 5.41) is 14.3. The van der Waals surface area contributed by atoms with E-state index in [9.17, 15) is 5.11 Å². The summed E-state index contributed by atoms with van der Waals surface area (Å²) in [4.78, 5) is 6.39. The predicted octanol–water partition coefficient (Wildman–Crippen LogP) is 5.88. The number of nitrogens with zero attached hydrogens (tertiary/aromatic N) is 1. The van der Waals surface area contributed by atoms with Gasteiger partial charge >= 0.3 is 0 Å². The van der Waals surface area contributed by atoms with Gasteiger partial charge in [0, 0.05) is 35.5 Å². The Morgan fingerprint density at radius 3 is 2.75 bits per heavy atom. The number of aromatic amines is 1. The van der Waals surface area contributed by atoms with Crippen molar-refractivity contribution in [3.63, 3.8) is 0 Å². The number of fused-ring (bicyclic) bond motifs is 4. The van der Waals surface area contributed by atoms with Crippen molar-refractivity contribution in [1.29, 1.82) is 0 Å². The highest BCUT2D eigenvalue weighted by molar-refractivity contribution is 5.86. The van der Waals surface area contributed by atoms with Crippen LogP contribution >= 0.6 is 0 Å². The molecule has 1 saturated heterocycles. The fourth-order valence-electron chi connectivity index (χ4n) is 8.78. The van der Waals surface area contributed by atoms with Gasteiger partial charge < -0.3 is 19.6 Å². The molecule has 1 saturated carbocycles. The van der Waals surface area contributed by atoms with Crippen molar-refractivity contribution in [2.45, 2.75) is 68.1 Å². The summed E-state index contributed by atoms with van der Waals surface area (Å²) in [5.74, 6) is 2.50. The normalized spacial score (nSPS) is 29.6. The molecule has 0 unspecified atom stereocenters. The van der Waals surface area contributed by atoms with Crippen LogP contribution in [0.5, 0.6) is 11.5 Å². The molecule has 3 aromatic carbocycles.